The highest BCUT2D eigenvalue weighted by Crippen LogP contribution is 2.51. The van der Waals surface area contributed by atoms with Gasteiger partial charge in [-0.2, -0.15) is 0 Å². The van der Waals surface area contributed by atoms with E-state index in [-0.39, 0.29) is 75.4 Å². The number of halogens is 5. The Hall–Kier alpha value is -3.46. The fraction of sp³-hybridized carbons (Fsp3) is 0. The van der Waals surface area contributed by atoms with Crippen molar-refractivity contribution in [1.29, 1.82) is 0 Å². The van der Waals surface area contributed by atoms with Crippen LogP contribution in [0.25, 0.3) is 44.5 Å². The van der Waals surface area contributed by atoms with Crippen molar-refractivity contribution in [1.82, 2.24) is 0 Å². The molecule has 0 radical (unpaired) electrons. The van der Waals surface area contributed by atoms with Gasteiger partial charge >= 0.3 is 11.9 Å². The van der Waals surface area contributed by atoms with Crippen molar-refractivity contribution < 1.29 is 29.3 Å². The summed E-state index contributed by atoms with van der Waals surface area (Å²) in [7, 11) is 0. The lowest BCUT2D eigenvalue weighted by Gasteiger charge is -2.21. The largest absolute Gasteiger partial charge is 0.507 e. The van der Waals surface area contributed by atoms with Crippen molar-refractivity contribution in [2.45, 2.75) is 0 Å². The van der Waals surface area contributed by atoms with E-state index in [1.54, 1.807) is 0 Å². The lowest BCUT2D eigenvalue weighted by atomic mass is 9.89. The van der Waals surface area contributed by atoms with Crippen LogP contribution < -0.4 is 5.43 Å². The number of carbonyl (C=O) groups is 2. The second-order valence-electron chi connectivity index (χ2n) is 8.31. The number of carboxylic acids is 2. The van der Waals surface area contributed by atoms with Gasteiger partial charge in [0.25, 0.3) is 0 Å². The molecule has 3 aromatic rings. The van der Waals surface area contributed by atoms with E-state index in [2.05, 4.69) is 0 Å². The van der Waals surface area contributed by atoms with E-state index in [0.717, 1.165) is 6.07 Å². The summed E-state index contributed by atoms with van der Waals surface area (Å²) >= 11 is 31.6. The van der Waals surface area contributed by atoms with E-state index in [1.807, 2.05) is 0 Å². The maximum absolute atomic E-state index is 12.4. The van der Waals surface area contributed by atoms with E-state index >= 15 is 0 Å². The molecule has 2 aliphatic rings. The zero-order chi connectivity index (χ0) is 28.3. The van der Waals surface area contributed by atoms with Crippen molar-refractivity contribution >= 4 is 80.9 Å². The number of phenols is 1. The Balaban J connectivity index is 1.99. The number of benzene rings is 4. The number of aromatic carboxylic acids is 2. The summed E-state index contributed by atoms with van der Waals surface area (Å²) < 4.78 is 5.91. The molecule has 0 atom stereocenters. The van der Waals surface area contributed by atoms with E-state index < -0.39 is 22.9 Å². The Labute approximate surface area is 243 Å². The van der Waals surface area contributed by atoms with Gasteiger partial charge in [-0.1, -0.05) is 70.1 Å². The average molecular weight is 625 g/mol. The topological polar surface area (TPSA) is 125 Å². The normalized spacial score (nSPS) is 11.3. The van der Waals surface area contributed by atoms with Gasteiger partial charge in [0.2, 0.25) is 5.43 Å². The molecule has 0 saturated carbocycles. The first-order valence-corrected chi connectivity index (χ1v) is 12.7. The van der Waals surface area contributed by atoms with Gasteiger partial charge in [0, 0.05) is 39.8 Å². The first-order chi connectivity index (χ1) is 18.4. The highest BCUT2D eigenvalue weighted by Gasteiger charge is 2.30. The van der Waals surface area contributed by atoms with Crippen LogP contribution in [-0.2, 0) is 0 Å². The molecule has 0 spiro atoms. The number of carboxylic acid groups (broad SMARTS) is 2. The molecule has 0 bridgehead atoms. The molecule has 0 saturated heterocycles. The molecule has 0 aromatic heterocycles. The van der Waals surface area contributed by atoms with Crippen LogP contribution in [-0.4, -0.2) is 27.3 Å². The Bertz CT molecular complexity index is 1900. The molecule has 1 aliphatic carbocycles. The maximum Gasteiger partial charge on any atom is 0.337 e. The van der Waals surface area contributed by atoms with Gasteiger partial charge in [0.15, 0.2) is 0 Å². The fourth-order valence-corrected chi connectivity index (χ4v) is 5.48. The molecule has 0 amide bonds. The number of fused-ring (bicyclic) bond motifs is 2. The minimum absolute atomic E-state index is 0.0134. The van der Waals surface area contributed by atoms with Crippen LogP contribution in [0.2, 0.25) is 25.1 Å². The predicted molar refractivity (Wildman–Crippen MR) is 151 cm³/mol. The first kappa shape index (κ1) is 27.1. The first-order valence-electron chi connectivity index (χ1n) is 10.8. The van der Waals surface area contributed by atoms with E-state index in [1.165, 1.54) is 42.5 Å². The number of hydrogen-bond donors (Lipinski definition) is 3. The third kappa shape index (κ3) is 4.46. The second kappa shape index (κ2) is 9.93. The highest BCUT2D eigenvalue weighted by molar-refractivity contribution is 6.54. The van der Waals surface area contributed by atoms with Crippen LogP contribution in [0, 0.1) is 0 Å². The molecule has 7 nitrogen and oxygen atoms in total. The minimum Gasteiger partial charge on any atom is -0.507 e. The third-order valence-corrected chi connectivity index (χ3v) is 8.16. The molecule has 1 aliphatic heterocycles. The third-order valence-electron chi connectivity index (χ3n) is 6.06. The molecule has 12 heteroatoms. The Morgan fingerprint density at radius 3 is 1.97 bits per heavy atom. The summed E-state index contributed by atoms with van der Waals surface area (Å²) in [6, 6.07) is 10.9. The molecule has 196 valence electrons. The Kier molecular flexibility index (Phi) is 6.91. The monoisotopic (exact) mass is 622 g/mol. The summed E-state index contributed by atoms with van der Waals surface area (Å²) in [6.07, 6.45) is 0. The van der Waals surface area contributed by atoms with Crippen molar-refractivity contribution in [2.24, 2.45) is 0 Å². The van der Waals surface area contributed by atoms with Crippen LogP contribution in [0.1, 0.15) is 20.7 Å². The molecule has 39 heavy (non-hydrogen) atoms. The molecule has 3 aromatic carbocycles. The number of phenolic OH excluding ortho intramolecular Hbond substituents is 1. The van der Waals surface area contributed by atoms with Crippen LogP contribution >= 0.6 is 58.0 Å². The molecular weight excluding hydrogens is 614 g/mol. The summed E-state index contributed by atoms with van der Waals surface area (Å²) in [5, 5.41) is 29.2. The van der Waals surface area contributed by atoms with Gasteiger partial charge in [-0.15, -0.1) is 0 Å². The molecule has 3 N–H and O–H groups in total. The second-order valence-corrected chi connectivity index (χ2v) is 10.2. The average Bonchev–Trinajstić information content (AvgIpc) is 2.89. The summed E-state index contributed by atoms with van der Waals surface area (Å²) in [6.45, 7) is 0. The Morgan fingerprint density at radius 2 is 1.36 bits per heavy atom. The molecular formula is C27H11Cl5O7. The number of aromatic hydroxyl groups is 1. The Morgan fingerprint density at radius 1 is 0.718 bits per heavy atom. The predicted octanol–water partition coefficient (Wildman–Crippen LogP) is 8.60. The van der Waals surface area contributed by atoms with Crippen molar-refractivity contribution in [3.63, 3.8) is 0 Å². The standard InChI is InChI=1S/C27H11Cl5O7/c28-14-6-13-18(8-16(14)34)39-17-7-15(33)11(9-1-3-10(4-2-9)26(35)36)5-12(17)19(13)20-21(27(37)38)23(30)25(32)24(31)22(20)29/h1-8,33H,(H,35,36)(H,37,38). The van der Waals surface area contributed by atoms with E-state index in [9.17, 15) is 29.7 Å². The van der Waals surface area contributed by atoms with Crippen LogP contribution in [0.15, 0.2) is 57.7 Å². The molecule has 0 unspecified atom stereocenters. The van der Waals surface area contributed by atoms with Gasteiger partial charge < -0.3 is 19.7 Å². The molecule has 5 rings (SSSR count). The summed E-state index contributed by atoms with van der Waals surface area (Å²) in [5.74, 6) is -2.82. The highest BCUT2D eigenvalue weighted by atomic mass is 35.5. The van der Waals surface area contributed by atoms with Gasteiger partial charge in [-0.25, -0.2) is 9.59 Å². The van der Waals surface area contributed by atoms with Crippen molar-refractivity contribution in [3.8, 4) is 39.3 Å². The SMILES string of the molecule is O=C(O)c1ccc(-c2cc3c(-c4c(Cl)c(Cl)c(Cl)c(Cl)c4C(=O)O)c4cc(Cl)c(=O)cc-4oc3cc2O)cc1. The quantitative estimate of drug-likeness (QED) is 0.104. The lowest BCUT2D eigenvalue weighted by Crippen LogP contribution is -2.06. The van der Waals surface area contributed by atoms with Gasteiger partial charge in [0.1, 0.15) is 17.1 Å². The number of rotatable bonds is 4. The zero-order valence-electron chi connectivity index (χ0n) is 19.0. The molecule has 0 fully saturated rings. The van der Waals surface area contributed by atoms with Crippen LogP contribution in [0.5, 0.6) is 5.75 Å². The fourth-order valence-electron chi connectivity index (χ4n) is 4.29. The smallest absolute Gasteiger partial charge is 0.337 e. The zero-order valence-corrected chi connectivity index (χ0v) is 22.8. The molecule has 1 heterocycles. The van der Waals surface area contributed by atoms with Crippen molar-refractivity contribution in [2.75, 3.05) is 0 Å². The minimum atomic E-state index is -1.47. The summed E-state index contributed by atoms with van der Waals surface area (Å²) in [4.78, 5) is 36.0. The van der Waals surface area contributed by atoms with Gasteiger partial charge in [-0.3, -0.25) is 4.79 Å². The maximum atomic E-state index is 12.4. The van der Waals surface area contributed by atoms with E-state index in [0.29, 0.717) is 5.56 Å². The van der Waals surface area contributed by atoms with Gasteiger partial charge in [-0.05, 0) is 29.8 Å². The summed E-state index contributed by atoms with van der Waals surface area (Å²) in [5.41, 5.74) is -0.0347. The van der Waals surface area contributed by atoms with E-state index in [4.69, 9.17) is 62.4 Å². The van der Waals surface area contributed by atoms with Crippen molar-refractivity contribution in [3.05, 3.63) is 95.0 Å². The number of hydrogen-bond acceptors (Lipinski definition) is 5. The van der Waals surface area contributed by atoms with Crippen LogP contribution in [0.4, 0.5) is 0 Å². The lowest BCUT2D eigenvalue weighted by molar-refractivity contribution is 0.0686. The van der Waals surface area contributed by atoms with Crippen LogP contribution in [0.3, 0.4) is 0 Å². The van der Waals surface area contributed by atoms with Gasteiger partial charge in [0.05, 0.1) is 36.2 Å².